The maximum absolute atomic E-state index is 4.36. The first kappa shape index (κ1) is 13.4. The molecule has 1 N–H and O–H groups in total. The highest BCUT2D eigenvalue weighted by atomic mass is 15.3. The molecule has 1 aromatic heterocycles. The SMILES string of the molecule is CCCNC1CCN(c2cnn(CC)c2)CC1C. The Morgan fingerprint density at radius 3 is 2.89 bits per heavy atom. The summed E-state index contributed by atoms with van der Waals surface area (Å²) in [5.74, 6) is 0.704. The monoisotopic (exact) mass is 250 g/mol. The van der Waals surface area contributed by atoms with Crippen LogP contribution in [0.15, 0.2) is 12.4 Å². The summed E-state index contributed by atoms with van der Waals surface area (Å²) in [7, 11) is 0. The molecule has 2 rings (SSSR count). The maximum atomic E-state index is 4.36. The first-order chi connectivity index (χ1) is 8.74. The van der Waals surface area contributed by atoms with Gasteiger partial charge in [-0.25, -0.2) is 0 Å². The van der Waals surface area contributed by atoms with Gasteiger partial charge in [0.25, 0.3) is 0 Å². The summed E-state index contributed by atoms with van der Waals surface area (Å²) in [6.45, 7) is 11.1. The summed E-state index contributed by atoms with van der Waals surface area (Å²) in [5.41, 5.74) is 1.28. The molecule has 0 amide bonds. The first-order valence-electron chi connectivity index (χ1n) is 7.25. The van der Waals surface area contributed by atoms with Gasteiger partial charge in [0.05, 0.1) is 11.9 Å². The van der Waals surface area contributed by atoms with E-state index in [0.717, 1.165) is 26.2 Å². The van der Waals surface area contributed by atoms with Crippen LogP contribution in [-0.2, 0) is 6.54 Å². The lowest BCUT2D eigenvalue weighted by molar-refractivity contribution is 0.322. The van der Waals surface area contributed by atoms with Crippen molar-refractivity contribution >= 4 is 5.69 Å². The molecule has 0 saturated carbocycles. The van der Waals surface area contributed by atoms with E-state index in [4.69, 9.17) is 0 Å². The number of nitrogens with zero attached hydrogens (tertiary/aromatic N) is 3. The standard InChI is InChI=1S/C14H26N4/c1-4-7-15-14-6-8-17(10-12(14)3)13-9-16-18(5-2)11-13/h9,11-12,14-15H,4-8,10H2,1-3H3. The van der Waals surface area contributed by atoms with Crippen molar-refractivity contribution < 1.29 is 0 Å². The van der Waals surface area contributed by atoms with E-state index in [1.165, 1.54) is 18.5 Å². The lowest BCUT2D eigenvalue weighted by Crippen LogP contribution is -2.48. The molecule has 0 spiro atoms. The molecule has 2 unspecified atom stereocenters. The van der Waals surface area contributed by atoms with Gasteiger partial charge in [-0.2, -0.15) is 5.10 Å². The van der Waals surface area contributed by atoms with Gasteiger partial charge in [0.1, 0.15) is 0 Å². The van der Waals surface area contributed by atoms with Crippen LogP contribution in [0.25, 0.3) is 0 Å². The fourth-order valence-corrected chi connectivity index (χ4v) is 2.70. The van der Waals surface area contributed by atoms with Gasteiger partial charge in [-0.1, -0.05) is 13.8 Å². The summed E-state index contributed by atoms with van der Waals surface area (Å²) >= 11 is 0. The third kappa shape index (κ3) is 3.05. The van der Waals surface area contributed by atoms with E-state index in [-0.39, 0.29) is 0 Å². The van der Waals surface area contributed by atoms with Crippen LogP contribution >= 0.6 is 0 Å². The van der Waals surface area contributed by atoms with Gasteiger partial charge in [-0.3, -0.25) is 4.68 Å². The Morgan fingerprint density at radius 1 is 1.44 bits per heavy atom. The second kappa shape index (κ2) is 6.23. The molecule has 2 heterocycles. The Balaban J connectivity index is 1.91. The van der Waals surface area contributed by atoms with Gasteiger partial charge < -0.3 is 10.2 Å². The predicted molar refractivity (Wildman–Crippen MR) is 76.0 cm³/mol. The van der Waals surface area contributed by atoms with E-state index >= 15 is 0 Å². The number of anilines is 1. The van der Waals surface area contributed by atoms with Crippen LogP contribution in [0.4, 0.5) is 5.69 Å². The Kier molecular flexibility index (Phi) is 4.64. The van der Waals surface area contributed by atoms with Crippen molar-refractivity contribution in [3.8, 4) is 0 Å². The topological polar surface area (TPSA) is 33.1 Å². The first-order valence-corrected chi connectivity index (χ1v) is 7.25. The smallest absolute Gasteiger partial charge is 0.0752 e. The van der Waals surface area contributed by atoms with E-state index in [2.05, 4.69) is 42.3 Å². The number of rotatable bonds is 5. The third-order valence-electron chi connectivity index (χ3n) is 3.87. The van der Waals surface area contributed by atoms with E-state index < -0.39 is 0 Å². The summed E-state index contributed by atoms with van der Waals surface area (Å²) in [4.78, 5) is 2.47. The second-order valence-electron chi connectivity index (χ2n) is 5.33. The molecule has 18 heavy (non-hydrogen) atoms. The Labute approximate surface area is 110 Å². The zero-order valence-corrected chi connectivity index (χ0v) is 11.9. The van der Waals surface area contributed by atoms with Gasteiger partial charge in [-0.15, -0.1) is 0 Å². The van der Waals surface area contributed by atoms with Gasteiger partial charge in [0, 0.05) is 31.9 Å². The number of nitrogens with one attached hydrogen (secondary N) is 1. The molecule has 1 aromatic rings. The quantitative estimate of drug-likeness (QED) is 0.869. The van der Waals surface area contributed by atoms with E-state index in [1.54, 1.807) is 0 Å². The number of piperidine rings is 1. The minimum absolute atomic E-state index is 0.683. The average molecular weight is 250 g/mol. The average Bonchev–Trinajstić information content (AvgIpc) is 2.86. The Bertz CT molecular complexity index is 360. The molecule has 0 aliphatic carbocycles. The maximum Gasteiger partial charge on any atom is 0.0752 e. The van der Waals surface area contributed by atoms with Gasteiger partial charge in [0.15, 0.2) is 0 Å². The highest BCUT2D eigenvalue weighted by molar-refractivity contribution is 5.43. The Morgan fingerprint density at radius 2 is 2.28 bits per heavy atom. The lowest BCUT2D eigenvalue weighted by Gasteiger charge is -2.38. The van der Waals surface area contributed by atoms with Gasteiger partial charge in [0.2, 0.25) is 0 Å². The highest BCUT2D eigenvalue weighted by Crippen LogP contribution is 2.22. The van der Waals surface area contributed by atoms with Gasteiger partial charge in [-0.05, 0) is 32.2 Å². The molecule has 4 heteroatoms. The normalized spacial score (nSPS) is 24.5. The molecule has 1 saturated heterocycles. The summed E-state index contributed by atoms with van der Waals surface area (Å²) in [6.07, 6.45) is 6.61. The highest BCUT2D eigenvalue weighted by Gasteiger charge is 2.25. The van der Waals surface area contributed by atoms with Crippen LogP contribution in [0.3, 0.4) is 0 Å². The molecule has 1 aliphatic heterocycles. The van der Waals surface area contributed by atoms with Crippen LogP contribution in [0.1, 0.15) is 33.6 Å². The minimum Gasteiger partial charge on any atom is -0.369 e. The van der Waals surface area contributed by atoms with Gasteiger partial charge >= 0.3 is 0 Å². The lowest BCUT2D eigenvalue weighted by atomic mass is 9.93. The second-order valence-corrected chi connectivity index (χ2v) is 5.33. The van der Waals surface area contributed by atoms with Crippen molar-refractivity contribution in [2.24, 2.45) is 5.92 Å². The number of aromatic nitrogens is 2. The van der Waals surface area contributed by atoms with Crippen LogP contribution in [0, 0.1) is 5.92 Å². The molecule has 1 aliphatic rings. The van der Waals surface area contributed by atoms with Crippen molar-refractivity contribution in [2.45, 2.75) is 46.2 Å². The number of hydrogen-bond acceptors (Lipinski definition) is 3. The zero-order valence-electron chi connectivity index (χ0n) is 11.9. The molecular weight excluding hydrogens is 224 g/mol. The molecule has 4 nitrogen and oxygen atoms in total. The van der Waals surface area contributed by atoms with Crippen molar-refractivity contribution in [1.29, 1.82) is 0 Å². The molecule has 1 fully saturated rings. The minimum atomic E-state index is 0.683. The van der Waals surface area contributed by atoms with Crippen molar-refractivity contribution in [1.82, 2.24) is 15.1 Å². The van der Waals surface area contributed by atoms with E-state index in [9.17, 15) is 0 Å². The predicted octanol–water partition coefficient (Wildman–Crippen LogP) is 2.12. The summed E-state index contributed by atoms with van der Waals surface area (Å²) in [6, 6.07) is 0.683. The van der Waals surface area contributed by atoms with E-state index in [1.807, 2.05) is 10.9 Å². The number of hydrogen-bond donors (Lipinski definition) is 1. The fraction of sp³-hybridized carbons (Fsp3) is 0.786. The van der Waals surface area contributed by atoms with Crippen LogP contribution in [-0.4, -0.2) is 35.5 Å². The van der Waals surface area contributed by atoms with E-state index in [0.29, 0.717) is 12.0 Å². The van der Waals surface area contributed by atoms with Crippen molar-refractivity contribution in [3.05, 3.63) is 12.4 Å². The third-order valence-corrected chi connectivity index (χ3v) is 3.87. The van der Waals surface area contributed by atoms with Crippen LogP contribution < -0.4 is 10.2 Å². The molecule has 0 radical (unpaired) electrons. The molecule has 0 bridgehead atoms. The molecule has 102 valence electrons. The summed E-state index contributed by atoms with van der Waals surface area (Å²) < 4.78 is 2.00. The summed E-state index contributed by atoms with van der Waals surface area (Å²) in [5, 5.41) is 8.02. The molecular formula is C14H26N4. The number of aryl methyl sites for hydroxylation is 1. The molecule has 2 atom stereocenters. The van der Waals surface area contributed by atoms with Crippen LogP contribution in [0.5, 0.6) is 0 Å². The fourth-order valence-electron chi connectivity index (χ4n) is 2.70. The largest absolute Gasteiger partial charge is 0.369 e. The van der Waals surface area contributed by atoms with Crippen molar-refractivity contribution in [2.75, 3.05) is 24.5 Å². The Hall–Kier alpha value is -1.03. The van der Waals surface area contributed by atoms with Crippen molar-refractivity contribution in [3.63, 3.8) is 0 Å². The molecule has 0 aromatic carbocycles. The zero-order chi connectivity index (χ0) is 13.0. The van der Waals surface area contributed by atoms with Crippen LogP contribution in [0.2, 0.25) is 0 Å².